The molecule has 0 unspecified atom stereocenters. The van der Waals surface area contributed by atoms with Gasteiger partial charge in [-0.2, -0.15) is 5.26 Å². The summed E-state index contributed by atoms with van der Waals surface area (Å²) >= 11 is 5.70. The van der Waals surface area contributed by atoms with E-state index in [-0.39, 0.29) is 0 Å². The van der Waals surface area contributed by atoms with Crippen molar-refractivity contribution in [1.82, 2.24) is 0 Å². The summed E-state index contributed by atoms with van der Waals surface area (Å²) in [5.74, 6) is 0. The quantitative estimate of drug-likeness (QED) is 0.721. The van der Waals surface area contributed by atoms with E-state index >= 15 is 0 Å². The van der Waals surface area contributed by atoms with Crippen molar-refractivity contribution in [1.29, 1.82) is 5.26 Å². The maximum absolute atomic E-state index is 8.56. The number of hydrogen-bond donors (Lipinski definition) is 0. The van der Waals surface area contributed by atoms with Gasteiger partial charge >= 0.3 is 0 Å². The van der Waals surface area contributed by atoms with E-state index in [9.17, 15) is 0 Å². The molecule has 0 bridgehead atoms. The normalized spacial score (nSPS) is 9.50. The lowest BCUT2D eigenvalue weighted by Crippen LogP contribution is -1.90. The Balaban J connectivity index is 3.21. The molecule has 0 N–H and O–H groups in total. The summed E-state index contributed by atoms with van der Waals surface area (Å²) < 4.78 is 2.19. The lowest BCUT2D eigenvalue weighted by molar-refractivity contribution is 1.21. The predicted octanol–water partition coefficient (Wildman–Crippen LogP) is 3.43. The average molecular weight is 336 g/mol. The van der Waals surface area contributed by atoms with Gasteiger partial charge in [0.25, 0.3) is 0 Å². The van der Waals surface area contributed by atoms with E-state index in [2.05, 4.69) is 50.7 Å². The van der Waals surface area contributed by atoms with Gasteiger partial charge in [0.15, 0.2) is 0 Å². The predicted molar refractivity (Wildman–Crippen MR) is 60.9 cm³/mol. The zero-order valence-corrected chi connectivity index (χ0v) is 10.3. The summed E-state index contributed by atoms with van der Waals surface area (Å²) in [6.45, 7) is 2.04. The van der Waals surface area contributed by atoms with Crippen LogP contribution < -0.4 is 0 Å². The number of rotatable bonds is 1. The molecule has 0 aliphatic rings. The Hall–Kier alpha value is -0.0800. The fourth-order valence-electron chi connectivity index (χ4n) is 0.978. The molecule has 1 aromatic rings. The van der Waals surface area contributed by atoms with Crippen molar-refractivity contribution in [3.8, 4) is 6.07 Å². The molecule has 0 aliphatic heterocycles. The van der Waals surface area contributed by atoms with Crippen molar-refractivity contribution in [3.63, 3.8) is 0 Å². The Morgan fingerprint density at radius 2 is 2.25 bits per heavy atom. The highest BCUT2D eigenvalue weighted by Gasteiger charge is 2.04. The molecule has 0 amide bonds. The molecule has 0 radical (unpaired) electrons. The molecular formula is C9H7BrIN. The van der Waals surface area contributed by atoms with Crippen LogP contribution in [0.3, 0.4) is 0 Å². The zero-order valence-electron chi connectivity index (χ0n) is 6.56. The number of halogens is 2. The van der Waals surface area contributed by atoms with Crippen LogP contribution >= 0.6 is 38.5 Å². The van der Waals surface area contributed by atoms with Gasteiger partial charge in [0.05, 0.1) is 12.5 Å². The molecule has 1 rings (SSSR count). The standard InChI is InChI=1S/C9H7BrIN/c1-6-4-8(10)7(2-3-12)9(11)5-6/h4-5H,2H2,1H3. The maximum Gasteiger partial charge on any atom is 0.0670 e. The average Bonchev–Trinajstić information content (AvgIpc) is 1.96. The van der Waals surface area contributed by atoms with Crippen LogP contribution in [0, 0.1) is 21.8 Å². The van der Waals surface area contributed by atoms with E-state index in [1.807, 2.05) is 13.0 Å². The Morgan fingerprint density at radius 1 is 1.58 bits per heavy atom. The molecule has 1 aromatic carbocycles. The van der Waals surface area contributed by atoms with Gasteiger partial charge in [0.1, 0.15) is 0 Å². The highest BCUT2D eigenvalue weighted by Crippen LogP contribution is 2.24. The SMILES string of the molecule is Cc1cc(Br)c(CC#N)c(I)c1. The van der Waals surface area contributed by atoms with E-state index in [0.717, 1.165) is 13.6 Å². The monoisotopic (exact) mass is 335 g/mol. The first-order chi connectivity index (χ1) is 5.65. The summed E-state index contributed by atoms with van der Waals surface area (Å²) in [6, 6.07) is 6.27. The first-order valence-electron chi connectivity index (χ1n) is 3.46. The topological polar surface area (TPSA) is 23.8 Å². The molecule has 0 saturated carbocycles. The van der Waals surface area contributed by atoms with Crippen LogP contribution in [0.2, 0.25) is 0 Å². The minimum atomic E-state index is 0.471. The second-order valence-corrected chi connectivity index (χ2v) is 4.56. The maximum atomic E-state index is 8.56. The van der Waals surface area contributed by atoms with Crippen LogP contribution in [-0.2, 0) is 6.42 Å². The first kappa shape index (κ1) is 10.0. The third-order valence-corrected chi connectivity index (χ3v) is 3.21. The third kappa shape index (κ3) is 2.20. The van der Waals surface area contributed by atoms with Crippen molar-refractivity contribution in [2.45, 2.75) is 13.3 Å². The van der Waals surface area contributed by atoms with Crippen molar-refractivity contribution in [2.24, 2.45) is 0 Å². The van der Waals surface area contributed by atoms with Gasteiger partial charge in [-0.15, -0.1) is 0 Å². The van der Waals surface area contributed by atoms with Gasteiger partial charge < -0.3 is 0 Å². The molecule has 62 valence electrons. The molecule has 0 atom stereocenters. The third-order valence-electron chi connectivity index (χ3n) is 1.54. The summed E-state index contributed by atoms with van der Waals surface area (Å²) in [6.07, 6.45) is 0.471. The van der Waals surface area contributed by atoms with Crippen LogP contribution in [0.1, 0.15) is 11.1 Å². The van der Waals surface area contributed by atoms with E-state index in [0.29, 0.717) is 6.42 Å². The summed E-state index contributed by atoms with van der Waals surface area (Å²) in [7, 11) is 0. The van der Waals surface area contributed by atoms with Crippen LogP contribution in [0.25, 0.3) is 0 Å². The molecule has 1 nitrogen and oxygen atoms in total. The Morgan fingerprint density at radius 3 is 2.75 bits per heavy atom. The highest BCUT2D eigenvalue weighted by molar-refractivity contribution is 14.1. The van der Waals surface area contributed by atoms with Gasteiger partial charge in [0, 0.05) is 8.04 Å². The summed E-state index contributed by atoms with van der Waals surface area (Å²) in [5.41, 5.74) is 2.30. The summed E-state index contributed by atoms with van der Waals surface area (Å²) in [4.78, 5) is 0. The molecular weight excluding hydrogens is 329 g/mol. The smallest absolute Gasteiger partial charge is 0.0670 e. The number of aryl methyl sites for hydroxylation is 1. The molecule has 0 fully saturated rings. The van der Waals surface area contributed by atoms with Crippen molar-refractivity contribution >= 4 is 38.5 Å². The molecule has 0 heterocycles. The van der Waals surface area contributed by atoms with Gasteiger partial charge in [-0.05, 0) is 52.8 Å². The second kappa shape index (κ2) is 4.24. The number of hydrogen-bond acceptors (Lipinski definition) is 1. The molecule has 3 heteroatoms. The van der Waals surface area contributed by atoms with Crippen LogP contribution in [-0.4, -0.2) is 0 Å². The van der Waals surface area contributed by atoms with E-state index in [1.54, 1.807) is 0 Å². The molecule has 0 aliphatic carbocycles. The highest BCUT2D eigenvalue weighted by atomic mass is 127. The van der Waals surface area contributed by atoms with Gasteiger partial charge in [-0.3, -0.25) is 0 Å². The second-order valence-electron chi connectivity index (χ2n) is 2.54. The summed E-state index contributed by atoms with van der Waals surface area (Å²) in [5, 5.41) is 8.56. The van der Waals surface area contributed by atoms with Crippen molar-refractivity contribution < 1.29 is 0 Å². The van der Waals surface area contributed by atoms with E-state index < -0.39 is 0 Å². The molecule has 12 heavy (non-hydrogen) atoms. The zero-order chi connectivity index (χ0) is 9.14. The van der Waals surface area contributed by atoms with Crippen molar-refractivity contribution in [2.75, 3.05) is 0 Å². The van der Waals surface area contributed by atoms with E-state index in [1.165, 1.54) is 5.56 Å². The number of nitrogens with zero attached hydrogens (tertiary/aromatic N) is 1. The van der Waals surface area contributed by atoms with Crippen LogP contribution in [0.5, 0.6) is 0 Å². The minimum absolute atomic E-state index is 0.471. The van der Waals surface area contributed by atoms with E-state index in [4.69, 9.17) is 5.26 Å². The lowest BCUT2D eigenvalue weighted by Gasteiger charge is -2.04. The molecule has 0 spiro atoms. The minimum Gasteiger partial charge on any atom is -0.198 e. The molecule has 0 aromatic heterocycles. The first-order valence-corrected chi connectivity index (χ1v) is 5.34. The van der Waals surface area contributed by atoms with Gasteiger partial charge in [-0.1, -0.05) is 15.9 Å². The largest absolute Gasteiger partial charge is 0.198 e. The fourth-order valence-corrected chi connectivity index (χ4v) is 3.04. The number of benzene rings is 1. The molecule has 0 saturated heterocycles. The Bertz CT molecular complexity index is 318. The Labute approximate surface area is 94.0 Å². The number of nitriles is 1. The van der Waals surface area contributed by atoms with Crippen LogP contribution in [0.4, 0.5) is 0 Å². The fraction of sp³-hybridized carbons (Fsp3) is 0.222. The Kier molecular flexibility index (Phi) is 3.53. The van der Waals surface area contributed by atoms with Crippen LogP contribution in [0.15, 0.2) is 16.6 Å². The van der Waals surface area contributed by atoms with Gasteiger partial charge in [0.2, 0.25) is 0 Å². The lowest BCUT2D eigenvalue weighted by atomic mass is 10.1. The van der Waals surface area contributed by atoms with Crippen molar-refractivity contribution in [3.05, 3.63) is 31.3 Å². The van der Waals surface area contributed by atoms with Gasteiger partial charge in [-0.25, -0.2) is 0 Å².